The number of anilines is 1. The minimum Gasteiger partial charge on any atom is -0.465 e. The van der Waals surface area contributed by atoms with Crippen LogP contribution in [0.2, 0.25) is 0 Å². The van der Waals surface area contributed by atoms with Crippen LogP contribution in [0.3, 0.4) is 0 Å². The number of rotatable bonds is 7. The predicted molar refractivity (Wildman–Crippen MR) is 93.4 cm³/mol. The maximum Gasteiger partial charge on any atom is 0.340 e. The fourth-order valence-corrected chi connectivity index (χ4v) is 3.28. The highest BCUT2D eigenvalue weighted by Gasteiger charge is 2.16. The Balaban J connectivity index is 2.56. The zero-order valence-electron chi connectivity index (χ0n) is 13.1. The van der Waals surface area contributed by atoms with E-state index in [1.807, 2.05) is 13.0 Å². The fraction of sp³-hybridized carbons (Fsp3) is 0.600. The van der Waals surface area contributed by atoms with E-state index in [4.69, 9.17) is 17.0 Å². The number of thiocarbonyl (C=S) groups is 1. The summed E-state index contributed by atoms with van der Waals surface area (Å²) >= 11 is 6.81. The molecular weight excluding hydrogens is 304 g/mol. The number of methoxy groups -OCH3 is 1. The average molecular weight is 329 g/mol. The Morgan fingerprint density at radius 2 is 2.19 bits per heavy atom. The third-order valence-electron chi connectivity index (χ3n) is 3.11. The molecule has 1 rings (SSSR count). The maximum atomic E-state index is 11.7. The molecular formula is C15H24N2O2S2. The molecule has 118 valence electrons. The number of unbranched alkanes of at least 4 members (excludes halogenated alkanes) is 2. The minimum absolute atomic E-state index is 0.319. The van der Waals surface area contributed by atoms with E-state index in [9.17, 15) is 4.79 Å². The third kappa shape index (κ3) is 6.01. The number of thiophene rings is 1. The summed E-state index contributed by atoms with van der Waals surface area (Å²) in [5.41, 5.74) is 0.530. The van der Waals surface area contributed by atoms with Gasteiger partial charge in [-0.2, -0.15) is 0 Å². The highest BCUT2D eigenvalue weighted by molar-refractivity contribution is 7.80. The van der Waals surface area contributed by atoms with Crippen LogP contribution in [0.1, 0.15) is 54.8 Å². The van der Waals surface area contributed by atoms with E-state index in [0.29, 0.717) is 16.7 Å². The van der Waals surface area contributed by atoms with Crippen molar-refractivity contribution >= 4 is 39.6 Å². The lowest BCUT2D eigenvalue weighted by molar-refractivity contribution is 0.0602. The molecule has 1 heterocycles. The minimum atomic E-state index is -0.347. The smallest absolute Gasteiger partial charge is 0.340 e. The Bertz CT molecular complexity index is 486. The van der Waals surface area contributed by atoms with Crippen LogP contribution in [0, 0.1) is 6.92 Å². The van der Waals surface area contributed by atoms with Crippen molar-refractivity contribution in [2.24, 2.45) is 0 Å². The van der Waals surface area contributed by atoms with Gasteiger partial charge < -0.3 is 15.4 Å². The molecule has 0 bridgehead atoms. The molecule has 6 heteroatoms. The maximum absolute atomic E-state index is 11.7. The van der Waals surface area contributed by atoms with Gasteiger partial charge in [-0.15, -0.1) is 11.3 Å². The first-order chi connectivity index (χ1) is 9.97. The number of esters is 1. The van der Waals surface area contributed by atoms with Crippen molar-refractivity contribution in [2.75, 3.05) is 12.4 Å². The second-order valence-corrected chi connectivity index (χ2v) is 6.75. The van der Waals surface area contributed by atoms with Crippen molar-refractivity contribution in [2.45, 2.75) is 52.5 Å². The van der Waals surface area contributed by atoms with Crippen LogP contribution in [0.25, 0.3) is 0 Å². The van der Waals surface area contributed by atoms with Crippen LogP contribution >= 0.6 is 23.6 Å². The lowest BCUT2D eigenvalue weighted by Crippen LogP contribution is -2.35. The van der Waals surface area contributed by atoms with Gasteiger partial charge in [0.05, 0.1) is 12.7 Å². The first-order valence-electron chi connectivity index (χ1n) is 7.24. The number of carbonyl (C=O) groups is 1. The number of carbonyl (C=O) groups excluding carboxylic acids is 1. The molecule has 0 aliphatic carbocycles. The summed E-state index contributed by atoms with van der Waals surface area (Å²) in [4.78, 5) is 12.7. The molecule has 0 amide bonds. The molecule has 1 atom stereocenters. The fourth-order valence-electron chi connectivity index (χ4n) is 2.00. The molecule has 0 unspecified atom stereocenters. The van der Waals surface area contributed by atoms with E-state index in [2.05, 4.69) is 24.5 Å². The zero-order valence-corrected chi connectivity index (χ0v) is 14.7. The quantitative estimate of drug-likeness (QED) is 0.448. The van der Waals surface area contributed by atoms with E-state index in [-0.39, 0.29) is 5.97 Å². The lowest BCUT2D eigenvalue weighted by Gasteiger charge is -2.16. The van der Waals surface area contributed by atoms with Gasteiger partial charge in [-0.25, -0.2) is 4.79 Å². The summed E-state index contributed by atoms with van der Waals surface area (Å²) in [5.74, 6) is -0.347. The summed E-state index contributed by atoms with van der Waals surface area (Å²) in [6.45, 7) is 6.26. The highest BCUT2D eigenvalue weighted by Crippen LogP contribution is 2.28. The molecule has 0 fully saturated rings. The van der Waals surface area contributed by atoms with Gasteiger partial charge in [-0.1, -0.05) is 26.2 Å². The van der Waals surface area contributed by atoms with Crippen LogP contribution < -0.4 is 10.6 Å². The monoisotopic (exact) mass is 328 g/mol. The number of hydrogen-bond acceptors (Lipinski definition) is 4. The van der Waals surface area contributed by atoms with Gasteiger partial charge in [0.25, 0.3) is 0 Å². The highest BCUT2D eigenvalue weighted by atomic mass is 32.1. The average Bonchev–Trinajstić information content (AvgIpc) is 2.78. The summed E-state index contributed by atoms with van der Waals surface area (Å²) in [6.07, 6.45) is 4.73. The Kier molecular flexibility index (Phi) is 7.67. The van der Waals surface area contributed by atoms with Crippen molar-refractivity contribution in [1.82, 2.24) is 5.32 Å². The van der Waals surface area contributed by atoms with Crippen molar-refractivity contribution in [1.29, 1.82) is 0 Å². The molecule has 0 aromatic carbocycles. The molecule has 4 nitrogen and oxygen atoms in total. The van der Waals surface area contributed by atoms with E-state index in [0.717, 1.165) is 16.3 Å². The van der Waals surface area contributed by atoms with E-state index in [1.54, 1.807) is 0 Å². The number of aryl methyl sites for hydroxylation is 1. The second-order valence-electron chi connectivity index (χ2n) is 5.09. The third-order valence-corrected chi connectivity index (χ3v) is 4.29. The van der Waals surface area contributed by atoms with Gasteiger partial charge >= 0.3 is 5.97 Å². The molecule has 0 aliphatic rings. The summed E-state index contributed by atoms with van der Waals surface area (Å²) in [6, 6.07) is 2.13. The Hall–Kier alpha value is -1.14. The SMILES string of the molecule is CCCCC[C@H](C)NC(=S)Nc1sc(C)cc1C(=O)OC. The second kappa shape index (κ2) is 9.00. The van der Waals surface area contributed by atoms with Crippen LogP contribution in [0.4, 0.5) is 5.00 Å². The molecule has 2 N–H and O–H groups in total. The lowest BCUT2D eigenvalue weighted by atomic mass is 10.1. The topological polar surface area (TPSA) is 50.4 Å². The molecule has 0 saturated heterocycles. The van der Waals surface area contributed by atoms with Gasteiger partial charge in [0.15, 0.2) is 5.11 Å². The number of nitrogens with one attached hydrogen (secondary N) is 2. The van der Waals surface area contributed by atoms with Gasteiger partial charge in [-0.05, 0) is 38.6 Å². The molecule has 21 heavy (non-hydrogen) atoms. The Morgan fingerprint density at radius 1 is 1.48 bits per heavy atom. The normalized spacial score (nSPS) is 11.8. The van der Waals surface area contributed by atoms with E-state index < -0.39 is 0 Å². The van der Waals surface area contributed by atoms with E-state index in [1.165, 1.54) is 37.7 Å². The van der Waals surface area contributed by atoms with Crippen LogP contribution in [-0.2, 0) is 4.74 Å². The Labute approximate surface area is 136 Å². The van der Waals surface area contributed by atoms with Gasteiger partial charge in [0.1, 0.15) is 5.00 Å². The van der Waals surface area contributed by atoms with Crippen LogP contribution in [0.15, 0.2) is 6.07 Å². The van der Waals surface area contributed by atoms with Crippen molar-refractivity contribution in [3.05, 3.63) is 16.5 Å². The van der Waals surface area contributed by atoms with E-state index >= 15 is 0 Å². The van der Waals surface area contributed by atoms with Crippen molar-refractivity contribution in [3.8, 4) is 0 Å². The van der Waals surface area contributed by atoms with Gasteiger partial charge in [0, 0.05) is 10.9 Å². The molecule has 0 saturated carbocycles. The molecule has 0 radical (unpaired) electrons. The summed E-state index contributed by atoms with van der Waals surface area (Å²) in [5, 5.41) is 7.64. The van der Waals surface area contributed by atoms with Crippen molar-refractivity contribution in [3.63, 3.8) is 0 Å². The predicted octanol–water partition coefficient (Wildman–Crippen LogP) is 4.10. The largest absolute Gasteiger partial charge is 0.465 e. The summed E-state index contributed by atoms with van der Waals surface area (Å²) in [7, 11) is 1.38. The Morgan fingerprint density at radius 3 is 2.81 bits per heavy atom. The number of hydrogen-bond donors (Lipinski definition) is 2. The first kappa shape index (κ1) is 17.9. The van der Waals surface area contributed by atoms with Crippen LogP contribution in [-0.4, -0.2) is 24.2 Å². The summed E-state index contributed by atoms with van der Waals surface area (Å²) < 4.78 is 4.78. The molecule has 0 spiro atoms. The van der Waals surface area contributed by atoms with Crippen molar-refractivity contribution < 1.29 is 9.53 Å². The van der Waals surface area contributed by atoms with Gasteiger partial charge in [-0.3, -0.25) is 0 Å². The standard InChI is InChI=1S/C15H24N2O2S2/c1-5-6-7-8-10(2)16-15(20)17-13-12(14(18)19-4)9-11(3)21-13/h9-10H,5-8H2,1-4H3,(H2,16,17,20)/t10-/m0/s1. The molecule has 1 aromatic rings. The first-order valence-corrected chi connectivity index (χ1v) is 8.46. The molecule has 0 aliphatic heterocycles. The molecule has 1 aromatic heterocycles. The van der Waals surface area contributed by atoms with Crippen LogP contribution in [0.5, 0.6) is 0 Å². The zero-order chi connectivity index (χ0) is 15.8. The van der Waals surface area contributed by atoms with Gasteiger partial charge in [0.2, 0.25) is 0 Å². The number of ether oxygens (including phenoxy) is 1.